The van der Waals surface area contributed by atoms with Gasteiger partial charge in [-0.15, -0.1) is 0 Å². The Morgan fingerprint density at radius 3 is 3.19 bits per heavy atom. The lowest BCUT2D eigenvalue weighted by Crippen LogP contribution is -2.03. The van der Waals surface area contributed by atoms with Crippen molar-refractivity contribution >= 4 is 21.6 Å². The fourth-order valence-electron chi connectivity index (χ4n) is 1.52. The Morgan fingerprint density at radius 1 is 1.56 bits per heavy atom. The molecule has 5 heteroatoms. The molecule has 0 bridgehead atoms. The zero-order valence-corrected chi connectivity index (χ0v) is 9.62. The van der Waals surface area contributed by atoms with Crippen LogP contribution >= 0.6 is 11.5 Å². The fourth-order valence-corrected chi connectivity index (χ4v) is 2.34. The van der Waals surface area contributed by atoms with Crippen LogP contribution in [-0.2, 0) is 4.74 Å². The van der Waals surface area contributed by atoms with Gasteiger partial charge in [-0.25, -0.2) is 0 Å². The standard InChI is InChI=1S/C11H11NO3S/c1-13-11-8-3-2-4-9(10(8)16-12-11)15-6-7-5-14-7/h2-4,7H,5-6H2,1H3. The monoisotopic (exact) mass is 237 g/mol. The van der Waals surface area contributed by atoms with Crippen LogP contribution in [0.4, 0.5) is 0 Å². The Hall–Kier alpha value is -1.33. The first kappa shape index (κ1) is 9.86. The molecule has 1 atom stereocenters. The van der Waals surface area contributed by atoms with Gasteiger partial charge in [-0.1, -0.05) is 6.07 Å². The molecule has 4 nitrogen and oxygen atoms in total. The molecule has 1 aromatic heterocycles. The van der Waals surface area contributed by atoms with Gasteiger partial charge in [0.2, 0.25) is 5.88 Å². The van der Waals surface area contributed by atoms with E-state index in [0.717, 1.165) is 22.4 Å². The van der Waals surface area contributed by atoms with Crippen molar-refractivity contribution in [2.24, 2.45) is 0 Å². The number of hydrogen-bond donors (Lipinski definition) is 0. The van der Waals surface area contributed by atoms with Gasteiger partial charge in [0.1, 0.15) is 23.2 Å². The van der Waals surface area contributed by atoms with E-state index in [4.69, 9.17) is 14.2 Å². The molecule has 1 fully saturated rings. The van der Waals surface area contributed by atoms with Crippen molar-refractivity contribution in [3.05, 3.63) is 18.2 Å². The highest BCUT2D eigenvalue weighted by atomic mass is 32.1. The molecule has 1 unspecified atom stereocenters. The third-order valence-electron chi connectivity index (χ3n) is 2.45. The van der Waals surface area contributed by atoms with Crippen molar-refractivity contribution in [3.8, 4) is 11.6 Å². The summed E-state index contributed by atoms with van der Waals surface area (Å²) >= 11 is 1.40. The van der Waals surface area contributed by atoms with E-state index in [-0.39, 0.29) is 6.10 Å². The van der Waals surface area contributed by atoms with Crippen molar-refractivity contribution in [2.75, 3.05) is 20.3 Å². The van der Waals surface area contributed by atoms with Crippen LogP contribution in [0.25, 0.3) is 10.1 Å². The van der Waals surface area contributed by atoms with Gasteiger partial charge in [0, 0.05) is 0 Å². The van der Waals surface area contributed by atoms with E-state index >= 15 is 0 Å². The van der Waals surface area contributed by atoms with Gasteiger partial charge in [-0.2, -0.15) is 4.37 Å². The third-order valence-corrected chi connectivity index (χ3v) is 3.31. The normalized spacial score (nSPS) is 18.7. The van der Waals surface area contributed by atoms with Crippen LogP contribution in [-0.4, -0.2) is 30.8 Å². The number of fused-ring (bicyclic) bond motifs is 1. The molecule has 1 aliphatic heterocycles. The number of benzene rings is 1. The number of epoxide rings is 1. The molecule has 2 heterocycles. The number of ether oxygens (including phenoxy) is 3. The van der Waals surface area contributed by atoms with Crippen LogP contribution in [0, 0.1) is 0 Å². The van der Waals surface area contributed by atoms with Gasteiger partial charge in [0.15, 0.2) is 0 Å². The first-order chi connectivity index (χ1) is 7.88. The van der Waals surface area contributed by atoms with Crippen molar-refractivity contribution in [1.82, 2.24) is 4.37 Å². The molecule has 1 saturated heterocycles. The lowest BCUT2D eigenvalue weighted by Gasteiger charge is -2.04. The zero-order chi connectivity index (χ0) is 11.0. The topological polar surface area (TPSA) is 43.9 Å². The molecular weight excluding hydrogens is 226 g/mol. The SMILES string of the molecule is COc1nsc2c(OCC3CO3)cccc12. The second-order valence-electron chi connectivity index (χ2n) is 3.59. The van der Waals surface area contributed by atoms with E-state index in [0.29, 0.717) is 12.5 Å². The Kier molecular flexibility index (Phi) is 2.41. The van der Waals surface area contributed by atoms with E-state index in [9.17, 15) is 0 Å². The minimum atomic E-state index is 0.269. The third kappa shape index (κ3) is 1.72. The average Bonchev–Trinajstić information content (AvgIpc) is 3.04. The van der Waals surface area contributed by atoms with E-state index in [1.807, 2.05) is 18.2 Å². The molecule has 1 aliphatic rings. The predicted molar refractivity (Wildman–Crippen MR) is 61.4 cm³/mol. The molecular formula is C11H11NO3S. The van der Waals surface area contributed by atoms with Gasteiger partial charge < -0.3 is 14.2 Å². The smallest absolute Gasteiger partial charge is 0.233 e. The summed E-state index contributed by atoms with van der Waals surface area (Å²) in [5, 5.41) is 1.00. The average molecular weight is 237 g/mol. The molecule has 0 aliphatic carbocycles. The van der Waals surface area contributed by atoms with E-state index < -0.39 is 0 Å². The maximum absolute atomic E-state index is 5.69. The minimum absolute atomic E-state index is 0.269. The van der Waals surface area contributed by atoms with Crippen molar-refractivity contribution in [1.29, 1.82) is 0 Å². The van der Waals surface area contributed by atoms with Crippen molar-refractivity contribution in [2.45, 2.75) is 6.10 Å². The summed E-state index contributed by atoms with van der Waals surface area (Å²) in [7, 11) is 1.63. The molecule has 0 radical (unpaired) electrons. The van der Waals surface area contributed by atoms with Crippen LogP contribution in [0.2, 0.25) is 0 Å². The molecule has 0 saturated carbocycles. The number of methoxy groups -OCH3 is 1. The molecule has 2 aromatic rings. The van der Waals surface area contributed by atoms with Crippen molar-refractivity contribution < 1.29 is 14.2 Å². The summed E-state index contributed by atoms with van der Waals surface area (Å²) in [6, 6.07) is 5.88. The number of rotatable bonds is 4. The minimum Gasteiger partial charge on any atom is -0.489 e. The van der Waals surface area contributed by atoms with Gasteiger partial charge >= 0.3 is 0 Å². The highest BCUT2D eigenvalue weighted by Crippen LogP contribution is 2.35. The first-order valence-electron chi connectivity index (χ1n) is 5.05. The van der Waals surface area contributed by atoms with Crippen LogP contribution in [0.5, 0.6) is 11.6 Å². The molecule has 16 heavy (non-hydrogen) atoms. The lowest BCUT2D eigenvalue weighted by molar-refractivity contribution is 0.265. The first-order valence-corrected chi connectivity index (χ1v) is 5.82. The summed E-state index contributed by atoms with van der Waals surface area (Å²) < 4.78 is 21.2. The van der Waals surface area contributed by atoms with Gasteiger partial charge in [-0.05, 0) is 23.7 Å². The predicted octanol–water partition coefficient (Wildman–Crippen LogP) is 2.08. The Balaban J connectivity index is 1.93. The number of hydrogen-bond acceptors (Lipinski definition) is 5. The maximum Gasteiger partial charge on any atom is 0.233 e. The van der Waals surface area contributed by atoms with E-state index in [1.54, 1.807) is 7.11 Å². The van der Waals surface area contributed by atoms with Crippen molar-refractivity contribution in [3.63, 3.8) is 0 Å². The molecule has 84 valence electrons. The van der Waals surface area contributed by atoms with Gasteiger partial charge in [0.05, 0.1) is 19.1 Å². The Labute approximate surface area is 96.9 Å². The van der Waals surface area contributed by atoms with Gasteiger partial charge in [0.25, 0.3) is 0 Å². The van der Waals surface area contributed by atoms with Crippen LogP contribution in [0.3, 0.4) is 0 Å². The molecule has 0 amide bonds. The second kappa shape index (κ2) is 3.92. The van der Waals surface area contributed by atoms with E-state index in [1.165, 1.54) is 11.5 Å². The van der Waals surface area contributed by atoms with E-state index in [2.05, 4.69) is 4.37 Å². The number of nitrogens with zero attached hydrogens (tertiary/aromatic N) is 1. The summed E-state index contributed by atoms with van der Waals surface area (Å²) in [6.45, 7) is 1.42. The highest BCUT2D eigenvalue weighted by Gasteiger charge is 2.23. The Bertz CT molecular complexity index is 507. The molecule has 3 rings (SSSR count). The largest absolute Gasteiger partial charge is 0.489 e. The summed E-state index contributed by atoms with van der Waals surface area (Å²) in [4.78, 5) is 0. The second-order valence-corrected chi connectivity index (χ2v) is 4.36. The van der Waals surface area contributed by atoms with Crippen LogP contribution < -0.4 is 9.47 Å². The quantitative estimate of drug-likeness (QED) is 0.764. The maximum atomic E-state index is 5.69. The number of aromatic nitrogens is 1. The summed E-state index contributed by atoms with van der Waals surface area (Å²) in [5.41, 5.74) is 0. The summed E-state index contributed by atoms with van der Waals surface area (Å²) in [5.74, 6) is 1.52. The van der Waals surface area contributed by atoms with Crippen LogP contribution in [0.1, 0.15) is 0 Å². The Morgan fingerprint density at radius 2 is 2.44 bits per heavy atom. The lowest BCUT2D eigenvalue weighted by atomic mass is 10.2. The summed E-state index contributed by atoms with van der Waals surface area (Å²) in [6.07, 6.45) is 0.269. The van der Waals surface area contributed by atoms with Gasteiger partial charge in [-0.3, -0.25) is 0 Å². The fraction of sp³-hybridized carbons (Fsp3) is 0.364. The highest BCUT2D eigenvalue weighted by molar-refractivity contribution is 7.14. The molecule has 0 spiro atoms. The zero-order valence-electron chi connectivity index (χ0n) is 8.80. The van der Waals surface area contributed by atoms with Crippen LogP contribution in [0.15, 0.2) is 18.2 Å². The molecule has 1 aromatic carbocycles. The molecule has 0 N–H and O–H groups in total.